The summed E-state index contributed by atoms with van der Waals surface area (Å²) in [4.78, 5) is 18.0. The van der Waals surface area contributed by atoms with Gasteiger partial charge in [-0.1, -0.05) is 83.6 Å². The van der Waals surface area contributed by atoms with E-state index in [1.54, 1.807) is 0 Å². The van der Waals surface area contributed by atoms with E-state index < -0.39 is 11.9 Å². The Hall–Kier alpha value is -1.32. The van der Waals surface area contributed by atoms with E-state index in [4.69, 9.17) is 19.8 Å². The van der Waals surface area contributed by atoms with E-state index >= 15 is 0 Å². The second kappa shape index (κ2) is 26.6. The molecule has 0 atom stereocenters. The summed E-state index contributed by atoms with van der Waals surface area (Å²) in [7, 11) is 0. The molecule has 0 unspecified atom stereocenters. The summed E-state index contributed by atoms with van der Waals surface area (Å²) >= 11 is 0. The van der Waals surface area contributed by atoms with Crippen LogP contribution in [0.2, 0.25) is 0 Å². The monoisotopic (exact) mass is 344 g/mol. The summed E-state index contributed by atoms with van der Waals surface area (Å²) in [6.07, 6.45) is 20.5. The largest absolute Gasteiger partial charge is 0.481 e. The SMILES string of the molecule is C=CCCCCCCCCCCCCCC.CC(=O)O.CC(=O)O. The highest BCUT2D eigenvalue weighted by Crippen LogP contribution is 2.12. The molecule has 0 fully saturated rings. The third-order valence-corrected chi connectivity index (χ3v) is 3.26. The van der Waals surface area contributed by atoms with Crippen molar-refractivity contribution in [3.8, 4) is 0 Å². The maximum absolute atomic E-state index is 9.00. The van der Waals surface area contributed by atoms with Gasteiger partial charge in [0.05, 0.1) is 0 Å². The molecule has 0 spiro atoms. The minimum atomic E-state index is -0.833. The maximum atomic E-state index is 9.00. The first kappa shape index (κ1) is 27.5. The van der Waals surface area contributed by atoms with Gasteiger partial charge in [0.2, 0.25) is 0 Å². The van der Waals surface area contributed by atoms with Crippen LogP contribution in [0.3, 0.4) is 0 Å². The highest BCUT2D eigenvalue weighted by Gasteiger charge is 1.92. The van der Waals surface area contributed by atoms with Gasteiger partial charge in [0.15, 0.2) is 0 Å². The van der Waals surface area contributed by atoms with Gasteiger partial charge in [0.1, 0.15) is 0 Å². The van der Waals surface area contributed by atoms with Crippen LogP contribution in [0, 0.1) is 0 Å². The Labute approximate surface area is 149 Å². The van der Waals surface area contributed by atoms with Crippen LogP contribution in [0.15, 0.2) is 12.7 Å². The molecule has 4 nitrogen and oxygen atoms in total. The van der Waals surface area contributed by atoms with Crippen LogP contribution in [-0.4, -0.2) is 22.2 Å². The summed E-state index contributed by atoms with van der Waals surface area (Å²) in [6, 6.07) is 0. The van der Waals surface area contributed by atoms with E-state index in [0.29, 0.717) is 0 Å². The van der Waals surface area contributed by atoms with Gasteiger partial charge in [-0.25, -0.2) is 0 Å². The average Bonchev–Trinajstić information content (AvgIpc) is 2.47. The van der Waals surface area contributed by atoms with Crippen LogP contribution >= 0.6 is 0 Å². The van der Waals surface area contributed by atoms with Gasteiger partial charge in [0.25, 0.3) is 11.9 Å². The molecule has 0 aliphatic heterocycles. The van der Waals surface area contributed by atoms with Crippen molar-refractivity contribution < 1.29 is 19.8 Å². The predicted molar refractivity (Wildman–Crippen MR) is 103 cm³/mol. The predicted octanol–water partition coefficient (Wildman–Crippen LogP) is 6.45. The molecule has 4 heteroatoms. The number of carbonyl (C=O) groups is 2. The summed E-state index contributed by atoms with van der Waals surface area (Å²) in [5.41, 5.74) is 0. The third-order valence-electron chi connectivity index (χ3n) is 3.26. The van der Waals surface area contributed by atoms with Crippen LogP contribution in [-0.2, 0) is 9.59 Å². The van der Waals surface area contributed by atoms with Gasteiger partial charge in [-0.05, 0) is 12.8 Å². The number of hydrogen-bond donors (Lipinski definition) is 2. The Morgan fingerprint density at radius 2 is 0.958 bits per heavy atom. The Bertz CT molecular complexity index is 255. The fraction of sp³-hybridized carbons (Fsp3) is 0.800. The van der Waals surface area contributed by atoms with Gasteiger partial charge in [-0.15, -0.1) is 6.58 Å². The molecular formula is C20H40O4. The molecule has 0 rings (SSSR count). The molecule has 0 aromatic rings. The minimum Gasteiger partial charge on any atom is -0.481 e. The molecular weight excluding hydrogens is 304 g/mol. The maximum Gasteiger partial charge on any atom is 0.300 e. The molecule has 0 amide bonds. The second-order valence-corrected chi connectivity index (χ2v) is 6.00. The number of rotatable bonds is 13. The Morgan fingerprint density at radius 1 is 0.708 bits per heavy atom. The molecule has 0 heterocycles. The van der Waals surface area contributed by atoms with Crippen LogP contribution < -0.4 is 0 Å². The van der Waals surface area contributed by atoms with Gasteiger partial charge in [0, 0.05) is 13.8 Å². The number of carboxylic acids is 2. The molecule has 0 saturated carbocycles. The van der Waals surface area contributed by atoms with Crippen molar-refractivity contribution in [2.75, 3.05) is 0 Å². The quantitative estimate of drug-likeness (QED) is 0.297. The minimum absolute atomic E-state index is 0.833. The van der Waals surface area contributed by atoms with Crippen molar-refractivity contribution in [1.29, 1.82) is 0 Å². The summed E-state index contributed by atoms with van der Waals surface area (Å²) in [6.45, 7) is 8.20. The molecule has 0 saturated heterocycles. The Kier molecular flexibility index (Phi) is 30.5. The number of unbranched alkanes of at least 4 members (excludes halogenated alkanes) is 12. The Morgan fingerprint density at radius 3 is 1.21 bits per heavy atom. The van der Waals surface area contributed by atoms with Gasteiger partial charge >= 0.3 is 0 Å². The first-order valence-electron chi connectivity index (χ1n) is 9.38. The van der Waals surface area contributed by atoms with Crippen molar-refractivity contribution in [1.82, 2.24) is 0 Å². The van der Waals surface area contributed by atoms with Crippen molar-refractivity contribution in [2.45, 2.75) is 104 Å². The van der Waals surface area contributed by atoms with Crippen molar-refractivity contribution in [2.24, 2.45) is 0 Å². The van der Waals surface area contributed by atoms with Gasteiger partial charge in [-0.2, -0.15) is 0 Å². The fourth-order valence-corrected chi connectivity index (χ4v) is 2.13. The first-order chi connectivity index (χ1) is 11.4. The molecule has 0 aliphatic carbocycles. The van der Waals surface area contributed by atoms with E-state index in [9.17, 15) is 0 Å². The molecule has 24 heavy (non-hydrogen) atoms. The van der Waals surface area contributed by atoms with Crippen molar-refractivity contribution >= 4 is 11.9 Å². The third kappa shape index (κ3) is 58.7. The van der Waals surface area contributed by atoms with Crippen LogP contribution in [0.1, 0.15) is 104 Å². The summed E-state index contributed by atoms with van der Waals surface area (Å²) < 4.78 is 0. The lowest BCUT2D eigenvalue weighted by Gasteiger charge is -2.02. The zero-order valence-corrected chi connectivity index (χ0v) is 16.2. The van der Waals surface area contributed by atoms with Crippen LogP contribution in [0.4, 0.5) is 0 Å². The Balaban J connectivity index is -0.000000457. The lowest BCUT2D eigenvalue weighted by atomic mass is 10.0. The van der Waals surface area contributed by atoms with Crippen molar-refractivity contribution in [3.05, 3.63) is 12.7 Å². The summed E-state index contributed by atoms with van der Waals surface area (Å²) in [5, 5.41) is 14.8. The van der Waals surface area contributed by atoms with Crippen molar-refractivity contribution in [3.63, 3.8) is 0 Å². The van der Waals surface area contributed by atoms with Gasteiger partial charge < -0.3 is 10.2 Å². The standard InChI is InChI=1S/C16H32.2C2H4O2/c1-3-5-7-9-11-13-15-16-14-12-10-8-6-4-2;2*1-2(3)4/h3H,1,4-16H2,2H3;2*1H3,(H,3,4). The average molecular weight is 345 g/mol. The molecule has 0 radical (unpaired) electrons. The zero-order chi connectivity index (χ0) is 19.1. The molecule has 0 aromatic carbocycles. The molecule has 0 aliphatic rings. The lowest BCUT2D eigenvalue weighted by Crippen LogP contribution is -1.82. The molecule has 2 N–H and O–H groups in total. The topological polar surface area (TPSA) is 74.6 Å². The number of allylic oxidation sites excluding steroid dienone is 1. The lowest BCUT2D eigenvalue weighted by molar-refractivity contribution is -0.135. The fourth-order valence-electron chi connectivity index (χ4n) is 2.13. The number of hydrogen-bond acceptors (Lipinski definition) is 2. The van der Waals surface area contributed by atoms with E-state index in [-0.39, 0.29) is 0 Å². The van der Waals surface area contributed by atoms with Crippen LogP contribution in [0.5, 0.6) is 0 Å². The number of carboxylic acid groups (broad SMARTS) is 2. The van der Waals surface area contributed by atoms with Gasteiger partial charge in [-0.3, -0.25) is 9.59 Å². The highest BCUT2D eigenvalue weighted by molar-refractivity contribution is 5.63. The molecule has 144 valence electrons. The zero-order valence-electron chi connectivity index (χ0n) is 16.2. The van der Waals surface area contributed by atoms with E-state index in [0.717, 1.165) is 13.8 Å². The summed E-state index contributed by atoms with van der Waals surface area (Å²) in [5.74, 6) is -1.67. The second-order valence-electron chi connectivity index (χ2n) is 6.00. The van der Waals surface area contributed by atoms with E-state index in [1.165, 1.54) is 83.5 Å². The van der Waals surface area contributed by atoms with E-state index in [2.05, 4.69) is 13.5 Å². The molecule has 0 bridgehead atoms. The van der Waals surface area contributed by atoms with E-state index in [1.807, 2.05) is 6.08 Å². The smallest absolute Gasteiger partial charge is 0.300 e. The highest BCUT2D eigenvalue weighted by atomic mass is 16.4. The normalized spacial score (nSPS) is 9.12. The first-order valence-corrected chi connectivity index (χ1v) is 9.38. The van der Waals surface area contributed by atoms with Crippen LogP contribution in [0.25, 0.3) is 0 Å². The molecule has 0 aromatic heterocycles. The number of aliphatic carboxylic acids is 2.